The number of nitrogens with zero attached hydrogens (tertiary/aromatic N) is 1. The number of aryl methyl sites for hydroxylation is 1. The van der Waals surface area contributed by atoms with E-state index in [4.69, 9.17) is 13.9 Å². The molecule has 180 valence electrons. The van der Waals surface area contributed by atoms with Crippen molar-refractivity contribution < 1.29 is 18.7 Å². The number of ether oxygens (including phenoxy) is 2. The topological polar surface area (TPSA) is 73.6 Å². The number of hydrogen-bond acceptors (Lipinski definition) is 6. The normalized spacial score (nSPS) is 10.7. The van der Waals surface area contributed by atoms with E-state index in [9.17, 15) is 4.79 Å². The minimum Gasteiger partial charge on any atom is -0.493 e. The number of rotatable bonds is 10. The maximum absolute atomic E-state index is 12.6. The summed E-state index contributed by atoms with van der Waals surface area (Å²) in [5, 5.41) is 2.97. The highest BCUT2D eigenvalue weighted by Crippen LogP contribution is 2.28. The predicted molar refractivity (Wildman–Crippen MR) is 138 cm³/mol. The minimum absolute atomic E-state index is 0.124. The Morgan fingerprint density at radius 1 is 0.971 bits per heavy atom. The van der Waals surface area contributed by atoms with Gasteiger partial charge in [0.1, 0.15) is 5.76 Å². The third-order valence-corrected chi connectivity index (χ3v) is 6.58. The van der Waals surface area contributed by atoms with Crippen LogP contribution in [0.4, 0.5) is 0 Å². The van der Waals surface area contributed by atoms with Gasteiger partial charge in [0.2, 0.25) is 5.89 Å². The van der Waals surface area contributed by atoms with Crippen LogP contribution in [0.2, 0.25) is 0 Å². The number of carbonyl (C=O) groups is 1. The SMILES string of the molecule is COc1ccc(CCNC(=O)c2ccc(-c3nc(CSc4ccccc4)c(C)o3)cc2)cc1OC. The average molecular weight is 489 g/mol. The van der Waals surface area contributed by atoms with E-state index in [0.717, 1.165) is 28.3 Å². The van der Waals surface area contributed by atoms with Gasteiger partial charge in [-0.3, -0.25) is 4.79 Å². The van der Waals surface area contributed by atoms with Gasteiger partial charge in [0.15, 0.2) is 11.5 Å². The van der Waals surface area contributed by atoms with Crippen LogP contribution < -0.4 is 14.8 Å². The number of oxazole rings is 1. The van der Waals surface area contributed by atoms with Gasteiger partial charge < -0.3 is 19.2 Å². The lowest BCUT2D eigenvalue weighted by atomic mass is 10.1. The second-order valence-electron chi connectivity index (χ2n) is 7.90. The molecule has 6 nitrogen and oxygen atoms in total. The van der Waals surface area contributed by atoms with Gasteiger partial charge in [-0.05, 0) is 67.4 Å². The molecule has 0 aliphatic rings. The standard InChI is InChI=1S/C28H28N2O4S/c1-19-24(18-35-23-7-5-4-6-8-23)30-28(34-19)22-12-10-21(11-13-22)27(31)29-16-15-20-9-14-25(32-2)26(17-20)33-3/h4-14,17H,15-16,18H2,1-3H3,(H,29,31). The summed E-state index contributed by atoms with van der Waals surface area (Å²) in [4.78, 5) is 18.5. The lowest BCUT2D eigenvalue weighted by Crippen LogP contribution is -2.25. The van der Waals surface area contributed by atoms with Crippen molar-refractivity contribution in [1.29, 1.82) is 0 Å². The molecule has 1 N–H and O–H groups in total. The quantitative estimate of drug-likeness (QED) is 0.279. The molecule has 7 heteroatoms. The number of hydrogen-bond donors (Lipinski definition) is 1. The first-order chi connectivity index (χ1) is 17.1. The summed E-state index contributed by atoms with van der Waals surface area (Å²) < 4.78 is 16.5. The molecule has 3 aromatic carbocycles. The zero-order valence-electron chi connectivity index (χ0n) is 20.0. The van der Waals surface area contributed by atoms with Crippen molar-refractivity contribution in [3.63, 3.8) is 0 Å². The third-order valence-electron chi connectivity index (χ3n) is 5.55. The molecule has 0 saturated carbocycles. The molecule has 0 atom stereocenters. The van der Waals surface area contributed by atoms with Gasteiger partial charge in [0, 0.05) is 28.3 Å². The van der Waals surface area contributed by atoms with Crippen molar-refractivity contribution in [3.8, 4) is 23.0 Å². The van der Waals surface area contributed by atoms with Crippen LogP contribution in [-0.2, 0) is 12.2 Å². The lowest BCUT2D eigenvalue weighted by Gasteiger charge is -2.10. The van der Waals surface area contributed by atoms with Crippen molar-refractivity contribution in [3.05, 3.63) is 95.4 Å². The van der Waals surface area contributed by atoms with E-state index in [1.165, 1.54) is 4.90 Å². The molecule has 4 aromatic rings. The number of amides is 1. The van der Waals surface area contributed by atoms with Crippen LogP contribution in [0.1, 0.15) is 27.4 Å². The number of carbonyl (C=O) groups excluding carboxylic acids is 1. The van der Waals surface area contributed by atoms with E-state index in [1.807, 2.05) is 55.5 Å². The molecule has 0 saturated heterocycles. The van der Waals surface area contributed by atoms with Crippen LogP contribution >= 0.6 is 11.8 Å². The minimum atomic E-state index is -0.124. The van der Waals surface area contributed by atoms with E-state index in [-0.39, 0.29) is 5.91 Å². The van der Waals surface area contributed by atoms with Gasteiger partial charge in [-0.15, -0.1) is 11.8 Å². The van der Waals surface area contributed by atoms with Crippen molar-refractivity contribution in [2.75, 3.05) is 20.8 Å². The Labute approximate surface area is 209 Å². The summed E-state index contributed by atoms with van der Waals surface area (Å²) in [5.74, 6) is 3.34. The van der Waals surface area contributed by atoms with E-state index in [2.05, 4.69) is 22.4 Å². The van der Waals surface area contributed by atoms with Crippen molar-refractivity contribution in [1.82, 2.24) is 10.3 Å². The number of thioether (sulfide) groups is 1. The van der Waals surface area contributed by atoms with Gasteiger partial charge in [-0.1, -0.05) is 24.3 Å². The van der Waals surface area contributed by atoms with Gasteiger partial charge >= 0.3 is 0 Å². The molecule has 1 heterocycles. The monoisotopic (exact) mass is 488 g/mol. The molecule has 35 heavy (non-hydrogen) atoms. The Morgan fingerprint density at radius 3 is 2.43 bits per heavy atom. The first-order valence-corrected chi connectivity index (χ1v) is 12.3. The molecule has 0 aliphatic heterocycles. The number of nitrogens with one attached hydrogen (secondary N) is 1. The highest BCUT2D eigenvalue weighted by molar-refractivity contribution is 7.98. The van der Waals surface area contributed by atoms with Crippen LogP contribution in [0.3, 0.4) is 0 Å². The van der Waals surface area contributed by atoms with Crippen molar-refractivity contribution in [2.45, 2.75) is 24.0 Å². The summed E-state index contributed by atoms with van der Waals surface area (Å²) in [7, 11) is 3.22. The first-order valence-electron chi connectivity index (χ1n) is 11.3. The Morgan fingerprint density at radius 2 is 1.71 bits per heavy atom. The van der Waals surface area contributed by atoms with Crippen LogP contribution in [-0.4, -0.2) is 31.7 Å². The Kier molecular flexibility index (Phi) is 8.11. The highest BCUT2D eigenvalue weighted by atomic mass is 32.2. The van der Waals surface area contributed by atoms with Gasteiger partial charge in [-0.2, -0.15) is 0 Å². The Bertz CT molecular complexity index is 1270. The molecular weight excluding hydrogens is 460 g/mol. The maximum atomic E-state index is 12.6. The summed E-state index contributed by atoms with van der Waals surface area (Å²) in [6.45, 7) is 2.44. The van der Waals surface area contributed by atoms with Crippen LogP contribution in [0.5, 0.6) is 11.5 Å². The predicted octanol–water partition coefficient (Wildman–Crippen LogP) is 5.93. The van der Waals surface area contributed by atoms with E-state index >= 15 is 0 Å². The van der Waals surface area contributed by atoms with Crippen LogP contribution in [0.15, 0.2) is 82.1 Å². The first kappa shape index (κ1) is 24.4. The molecule has 0 unspecified atom stereocenters. The fourth-order valence-electron chi connectivity index (χ4n) is 3.58. The van der Waals surface area contributed by atoms with Crippen molar-refractivity contribution in [2.24, 2.45) is 0 Å². The molecule has 4 rings (SSSR count). The second kappa shape index (κ2) is 11.6. The molecule has 0 bridgehead atoms. The van der Waals surface area contributed by atoms with Gasteiger partial charge in [0.25, 0.3) is 5.91 Å². The molecule has 0 aliphatic carbocycles. The molecule has 0 fully saturated rings. The van der Waals surface area contributed by atoms with Crippen LogP contribution in [0, 0.1) is 6.92 Å². The van der Waals surface area contributed by atoms with E-state index < -0.39 is 0 Å². The molecule has 1 aromatic heterocycles. The second-order valence-corrected chi connectivity index (χ2v) is 8.94. The van der Waals surface area contributed by atoms with Crippen molar-refractivity contribution >= 4 is 17.7 Å². The number of methoxy groups -OCH3 is 2. The number of benzene rings is 3. The van der Waals surface area contributed by atoms with Crippen LogP contribution in [0.25, 0.3) is 11.5 Å². The lowest BCUT2D eigenvalue weighted by molar-refractivity contribution is 0.0954. The maximum Gasteiger partial charge on any atom is 0.251 e. The third kappa shape index (κ3) is 6.25. The highest BCUT2D eigenvalue weighted by Gasteiger charge is 2.13. The summed E-state index contributed by atoms with van der Waals surface area (Å²) in [6.07, 6.45) is 0.684. The number of aromatic nitrogens is 1. The smallest absolute Gasteiger partial charge is 0.251 e. The molecule has 0 spiro atoms. The largest absolute Gasteiger partial charge is 0.493 e. The molecule has 1 amide bonds. The van der Waals surface area contributed by atoms with E-state index in [1.54, 1.807) is 38.1 Å². The fraction of sp³-hybridized carbons (Fsp3) is 0.214. The molecular formula is C28H28N2O4S. The summed E-state index contributed by atoms with van der Waals surface area (Å²) in [6, 6.07) is 23.3. The van der Waals surface area contributed by atoms with Gasteiger partial charge in [-0.25, -0.2) is 4.98 Å². The van der Waals surface area contributed by atoms with Gasteiger partial charge in [0.05, 0.1) is 19.9 Å². The fourth-order valence-corrected chi connectivity index (χ4v) is 4.50. The Balaban J connectivity index is 1.32. The van der Waals surface area contributed by atoms with E-state index in [0.29, 0.717) is 35.9 Å². The average Bonchev–Trinajstić information content (AvgIpc) is 3.28. The summed E-state index contributed by atoms with van der Waals surface area (Å²) in [5.41, 5.74) is 3.40. The Hall–Kier alpha value is -3.71. The zero-order chi connectivity index (χ0) is 24.6. The zero-order valence-corrected chi connectivity index (χ0v) is 20.9. The summed E-state index contributed by atoms with van der Waals surface area (Å²) >= 11 is 1.72. The molecule has 0 radical (unpaired) electrons.